The predicted octanol–water partition coefficient (Wildman–Crippen LogP) is 3.30. The molecule has 0 aliphatic carbocycles. The zero-order valence-corrected chi connectivity index (χ0v) is 12.2. The van der Waals surface area contributed by atoms with Crippen molar-refractivity contribution in [2.45, 2.75) is 13.0 Å². The van der Waals surface area contributed by atoms with Crippen LogP contribution in [0.15, 0.2) is 29.8 Å². The van der Waals surface area contributed by atoms with Crippen LogP contribution in [-0.4, -0.2) is 21.5 Å². The Labute approximate surface area is 125 Å². The van der Waals surface area contributed by atoms with Gasteiger partial charge in [0.25, 0.3) is 0 Å². The van der Waals surface area contributed by atoms with Crippen molar-refractivity contribution in [1.82, 2.24) is 15.0 Å². The molecule has 0 aromatic carbocycles. The summed E-state index contributed by atoms with van der Waals surface area (Å²) < 4.78 is 0. The van der Waals surface area contributed by atoms with E-state index in [1.807, 2.05) is 23.5 Å². The molecule has 0 saturated carbocycles. The maximum Gasteiger partial charge on any atom is 0.226 e. The Morgan fingerprint density at radius 3 is 3.15 bits per heavy atom. The summed E-state index contributed by atoms with van der Waals surface area (Å²) in [6.45, 7) is 1.82. The van der Waals surface area contributed by atoms with Crippen molar-refractivity contribution in [2.75, 3.05) is 11.4 Å². The summed E-state index contributed by atoms with van der Waals surface area (Å²) in [5.41, 5.74) is 2.03. The van der Waals surface area contributed by atoms with Crippen LogP contribution in [0.2, 0.25) is 5.28 Å². The first-order valence-corrected chi connectivity index (χ1v) is 7.65. The minimum Gasteiger partial charge on any atom is -0.351 e. The van der Waals surface area contributed by atoms with E-state index in [0.29, 0.717) is 5.65 Å². The Morgan fingerprint density at radius 2 is 2.20 bits per heavy atom. The molecule has 0 saturated heterocycles. The van der Waals surface area contributed by atoms with Crippen LogP contribution >= 0.6 is 22.9 Å². The normalized spacial score (nSPS) is 14.6. The molecule has 1 aliphatic heterocycles. The van der Waals surface area contributed by atoms with E-state index in [0.717, 1.165) is 30.7 Å². The summed E-state index contributed by atoms with van der Waals surface area (Å²) in [6.07, 6.45) is 2.78. The number of pyridine rings is 1. The molecule has 0 radical (unpaired) electrons. The number of aromatic nitrogens is 3. The number of anilines is 1. The average Bonchev–Trinajstić information content (AvgIpc) is 2.93. The Bertz CT molecular complexity index is 786. The minimum absolute atomic E-state index is 0.252. The van der Waals surface area contributed by atoms with E-state index in [9.17, 15) is 0 Å². The number of hydrogen-bond acceptors (Lipinski definition) is 5. The van der Waals surface area contributed by atoms with Crippen molar-refractivity contribution in [3.8, 4) is 0 Å². The lowest BCUT2D eigenvalue weighted by molar-refractivity contribution is 0.734. The van der Waals surface area contributed by atoms with Crippen LogP contribution in [0.3, 0.4) is 0 Å². The highest BCUT2D eigenvalue weighted by atomic mass is 35.5. The first-order chi connectivity index (χ1) is 9.81. The van der Waals surface area contributed by atoms with Crippen LogP contribution in [0.25, 0.3) is 11.0 Å². The second-order valence-electron chi connectivity index (χ2n) is 4.73. The van der Waals surface area contributed by atoms with Gasteiger partial charge in [-0.05, 0) is 47.2 Å². The Hall–Kier alpha value is -1.72. The zero-order chi connectivity index (χ0) is 13.5. The lowest BCUT2D eigenvalue weighted by atomic mass is 10.1. The van der Waals surface area contributed by atoms with Gasteiger partial charge in [-0.1, -0.05) is 0 Å². The number of halogens is 1. The van der Waals surface area contributed by atoms with E-state index < -0.39 is 0 Å². The van der Waals surface area contributed by atoms with Crippen molar-refractivity contribution >= 4 is 39.8 Å². The zero-order valence-electron chi connectivity index (χ0n) is 10.6. The summed E-state index contributed by atoms with van der Waals surface area (Å²) in [5.74, 6) is 0.880. The molecule has 0 unspecified atom stereocenters. The van der Waals surface area contributed by atoms with Crippen molar-refractivity contribution in [2.24, 2.45) is 0 Å². The molecule has 0 N–H and O–H groups in total. The van der Waals surface area contributed by atoms with Gasteiger partial charge in [-0.2, -0.15) is 9.97 Å². The van der Waals surface area contributed by atoms with Crippen LogP contribution in [0.1, 0.15) is 10.4 Å². The van der Waals surface area contributed by atoms with Crippen LogP contribution in [-0.2, 0) is 13.0 Å². The second kappa shape index (κ2) is 4.68. The molecule has 4 nitrogen and oxygen atoms in total. The Balaban J connectivity index is 1.83. The number of fused-ring (bicyclic) bond motifs is 2. The van der Waals surface area contributed by atoms with Gasteiger partial charge in [0.1, 0.15) is 5.82 Å². The van der Waals surface area contributed by atoms with Crippen molar-refractivity contribution < 1.29 is 0 Å². The first kappa shape index (κ1) is 12.1. The van der Waals surface area contributed by atoms with E-state index in [-0.39, 0.29) is 5.28 Å². The molecule has 6 heteroatoms. The molecule has 4 rings (SSSR count). The van der Waals surface area contributed by atoms with Crippen LogP contribution in [0.5, 0.6) is 0 Å². The third-order valence-corrected chi connectivity index (χ3v) is 4.72. The molecule has 3 aromatic rings. The van der Waals surface area contributed by atoms with Gasteiger partial charge in [-0.15, -0.1) is 11.3 Å². The fraction of sp³-hybridized carbons (Fsp3) is 0.214. The summed E-state index contributed by atoms with van der Waals surface area (Å²) in [5, 5.41) is 3.36. The number of hydrogen-bond donors (Lipinski definition) is 0. The molecule has 1 aliphatic rings. The third-order valence-electron chi connectivity index (χ3n) is 3.53. The molecular weight excluding hydrogens is 292 g/mol. The maximum absolute atomic E-state index is 6.04. The monoisotopic (exact) mass is 302 g/mol. The number of thiophene rings is 1. The van der Waals surface area contributed by atoms with Gasteiger partial charge in [0.2, 0.25) is 5.28 Å². The SMILES string of the molecule is Clc1nc(N2CCc3sccc3C2)c2cccnc2n1. The fourth-order valence-electron chi connectivity index (χ4n) is 2.59. The molecule has 4 heterocycles. The van der Waals surface area contributed by atoms with Gasteiger partial charge in [0.05, 0.1) is 5.39 Å². The average molecular weight is 303 g/mol. The number of rotatable bonds is 1. The minimum atomic E-state index is 0.252. The van der Waals surface area contributed by atoms with Gasteiger partial charge in [-0.3, -0.25) is 0 Å². The van der Waals surface area contributed by atoms with Crippen LogP contribution in [0, 0.1) is 0 Å². The highest BCUT2D eigenvalue weighted by Gasteiger charge is 2.21. The highest BCUT2D eigenvalue weighted by molar-refractivity contribution is 7.10. The van der Waals surface area contributed by atoms with E-state index >= 15 is 0 Å². The van der Waals surface area contributed by atoms with Crippen molar-refractivity contribution in [1.29, 1.82) is 0 Å². The molecular formula is C14H11ClN4S. The van der Waals surface area contributed by atoms with Gasteiger partial charge in [-0.25, -0.2) is 4.98 Å². The standard InChI is InChI=1S/C14H11ClN4S/c15-14-17-12-10(2-1-5-16-12)13(18-14)19-6-3-11-9(8-19)4-7-20-11/h1-2,4-5,7H,3,6,8H2. The van der Waals surface area contributed by atoms with Gasteiger partial charge in [0.15, 0.2) is 5.65 Å². The largest absolute Gasteiger partial charge is 0.351 e. The highest BCUT2D eigenvalue weighted by Crippen LogP contribution is 2.30. The third kappa shape index (κ3) is 1.94. The van der Waals surface area contributed by atoms with Gasteiger partial charge < -0.3 is 4.90 Å². The van der Waals surface area contributed by atoms with Gasteiger partial charge in [0, 0.05) is 24.2 Å². The Kier molecular flexibility index (Phi) is 2.82. The Morgan fingerprint density at radius 1 is 1.25 bits per heavy atom. The van der Waals surface area contributed by atoms with Gasteiger partial charge >= 0.3 is 0 Å². The maximum atomic E-state index is 6.04. The quantitative estimate of drug-likeness (QED) is 0.647. The van der Waals surface area contributed by atoms with Crippen molar-refractivity contribution in [3.05, 3.63) is 45.5 Å². The van der Waals surface area contributed by atoms with Crippen molar-refractivity contribution in [3.63, 3.8) is 0 Å². The summed E-state index contributed by atoms with van der Waals surface area (Å²) in [7, 11) is 0. The smallest absolute Gasteiger partial charge is 0.226 e. The molecule has 0 atom stereocenters. The fourth-order valence-corrected chi connectivity index (χ4v) is 3.64. The number of nitrogens with zero attached hydrogens (tertiary/aromatic N) is 4. The first-order valence-electron chi connectivity index (χ1n) is 6.40. The summed E-state index contributed by atoms with van der Waals surface area (Å²) in [6, 6.07) is 6.09. The summed E-state index contributed by atoms with van der Waals surface area (Å²) >= 11 is 7.87. The van der Waals surface area contributed by atoms with E-state index in [1.165, 1.54) is 10.4 Å². The molecule has 100 valence electrons. The molecule has 0 amide bonds. The van der Waals surface area contributed by atoms with Crippen LogP contribution in [0.4, 0.5) is 5.82 Å². The van der Waals surface area contributed by atoms with Crippen LogP contribution < -0.4 is 4.90 Å². The lowest BCUT2D eigenvalue weighted by Gasteiger charge is -2.28. The lowest BCUT2D eigenvalue weighted by Crippen LogP contribution is -2.30. The molecule has 20 heavy (non-hydrogen) atoms. The molecule has 0 spiro atoms. The second-order valence-corrected chi connectivity index (χ2v) is 6.07. The molecule has 0 fully saturated rings. The van der Waals surface area contributed by atoms with E-state index in [1.54, 1.807) is 6.20 Å². The van der Waals surface area contributed by atoms with E-state index in [2.05, 4.69) is 31.3 Å². The topological polar surface area (TPSA) is 41.9 Å². The van der Waals surface area contributed by atoms with E-state index in [4.69, 9.17) is 11.6 Å². The predicted molar refractivity (Wildman–Crippen MR) is 81.4 cm³/mol. The molecule has 0 bridgehead atoms. The molecule has 3 aromatic heterocycles. The summed E-state index contributed by atoms with van der Waals surface area (Å²) in [4.78, 5) is 16.6.